The van der Waals surface area contributed by atoms with Crippen molar-refractivity contribution in [1.82, 2.24) is 5.32 Å². The summed E-state index contributed by atoms with van der Waals surface area (Å²) in [5, 5.41) is 12.5. The van der Waals surface area contributed by atoms with Crippen LogP contribution in [0.5, 0.6) is 0 Å². The number of nitrogens with one attached hydrogen (secondary N) is 1. The van der Waals surface area contributed by atoms with Crippen molar-refractivity contribution in [2.45, 2.75) is 32.4 Å². The van der Waals surface area contributed by atoms with E-state index in [-0.39, 0.29) is 18.1 Å². The molecule has 1 aromatic rings. The van der Waals surface area contributed by atoms with Crippen LogP contribution in [0, 0.1) is 6.92 Å². The Hall–Kier alpha value is -0.910. The highest BCUT2D eigenvalue weighted by atomic mass is 79.9. The van der Waals surface area contributed by atoms with Crippen LogP contribution in [0.4, 0.5) is 5.69 Å². The van der Waals surface area contributed by atoms with Gasteiger partial charge < -0.3 is 10.0 Å². The summed E-state index contributed by atoms with van der Waals surface area (Å²) in [5.41, 5.74) is 1.76. The van der Waals surface area contributed by atoms with E-state index in [1.807, 2.05) is 39.0 Å². The highest BCUT2D eigenvalue weighted by molar-refractivity contribution is 9.10. The Morgan fingerprint density at radius 3 is 2.79 bits per heavy atom. The molecule has 2 rings (SSSR count). The van der Waals surface area contributed by atoms with E-state index in [0.717, 1.165) is 15.7 Å². The van der Waals surface area contributed by atoms with Gasteiger partial charge in [-0.15, -0.1) is 0 Å². The van der Waals surface area contributed by atoms with Gasteiger partial charge in [0.25, 0.3) is 0 Å². The lowest BCUT2D eigenvalue weighted by Crippen LogP contribution is -2.66. The highest BCUT2D eigenvalue weighted by Crippen LogP contribution is 2.30. The van der Waals surface area contributed by atoms with Crippen molar-refractivity contribution >= 4 is 27.5 Å². The minimum absolute atomic E-state index is 0.0913. The number of piperazine rings is 1. The summed E-state index contributed by atoms with van der Waals surface area (Å²) in [6.45, 7) is 6.44. The smallest absolute Gasteiger partial charge is 0.246 e. The third-order valence-electron chi connectivity index (χ3n) is 3.26. The fourth-order valence-electron chi connectivity index (χ4n) is 2.40. The maximum absolute atomic E-state index is 12.4. The molecule has 0 spiro atoms. The second-order valence-electron chi connectivity index (χ2n) is 5.64. The molecule has 1 heterocycles. The lowest BCUT2D eigenvalue weighted by Gasteiger charge is -2.43. The Kier molecular flexibility index (Phi) is 3.99. The minimum Gasteiger partial charge on any atom is -0.394 e. The van der Waals surface area contributed by atoms with Gasteiger partial charge in [-0.05, 0) is 54.4 Å². The summed E-state index contributed by atoms with van der Waals surface area (Å²) < 4.78 is 0.898. The number of amides is 1. The normalized spacial score (nSPS) is 22.7. The minimum atomic E-state index is -0.544. The Labute approximate surface area is 121 Å². The van der Waals surface area contributed by atoms with Crippen molar-refractivity contribution in [2.24, 2.45) is 0 Å². The van der Waals surface area contributed by atoms with Crippen molar-refractivity contribution < 1.29 is 9.90 Å². The zero-order valence-electron chi connectivity index (χ0n) is 11.4. The number of hydrogen-bond donors (Lipinski definition) is 2. The molecule has 1 aliphatic rings. The van der Waals surface area contributed by atoms with Crippen molar-refractivity contribution in [3.63, 3.8) is 0 Å². The van der Waals surface area contributed by atoms with Crippen LogP contribution in [0.3, 0.4) is 0 Å². The van der Waals surface area contributed by atoms with E-state index in [1.54, 1.807) is 4.90 Å². The molecule has 4 nitrogen and oxygen atoms in total. The van der Waals surface area contributed by atoms with Crippen LogP contribution in [0.15, 0.2) is 22.7 Å². The summed E-state index contributed by atoms with van der Waals surface area (Å²) >= 11 is 3.51. The van der Waals surface area contributed by atoms with Crippen LogP contribution in [0.1, 0.15) is 19.4 Å². The monoisotopic (exact) mass is 326 g/mol. The van der Waals surface area contributed by atoms with Crippen LogP contribution < -0.4 is 10.2 Å². The molecule has 0 saturated carbocycles. The first-order chi connectivity index (χ1) is 8.84. The van der Waals surface area contributed by atoms with Gasteiger partial charge in [0.1, 0.15) is 6.04 Å². The fraction of sp³-hybridized carbons (Fsp3) is 0.500. The summed E-state index contributed by atoms with van der Waals surface area (Å²) in [5.74, 6) is -0.0913. The van der Waals surface area contributed by atoms with Gasteiger partial charge in [0, 0.05) is 16.6 Å². The first-order valence-corrected chi connectivity index (χ1v) is 7.09. The number of anilines is 1. The van der Waals surface area contributed by atoms with Crippen molar-refractivity contribution in [2.75, 3.05) is 18.1 Å². The summed E-state index contributed by atoms with van der Waals surface area (Å²) in [6.07, 6.45) is 0. The fourth-order valence-corrected chi connectivity index (χ4v) is 3.11. The molecule has 1 saturated heterocycles. The van der Waals surface area contributed by atoms with E-state index in [0.29, 0.717) is 6.54 Å². The first kappa shape index (κ1) is 14.5. The predicted octanol–water partition coefficient (Wildman–Crippen LogP) is 1.83. The standard InChI is InChI=1S/C14H19BrN2O2/c1-9-4-5-12(10(15)6-9)17-8-14(2,3)16-11(7-18)13(17)19/h4-6,11,16,18H,7-8H2,1-3H3. The molecular formula is C14H19BrN2O2. The molecule has 1 aliphatic heterocycles. The highest BCUT2D eigenvalue weighted by Gasteiger charge is 2.38. The topological polar surface area (TPSA) is 52.6 Å². The van der Waals surface area contributed by atoms with E-state index in [9.17, 15) is 9.90 Å². The average Bonchev–Trinajstić information content (AvgIpc) is 2.32. The maximum atomic E-state index is 12.4. The Morgan fingerprint density at radius 1 is 1.53 bits per heavy atom. The Balaban J connectivity index is 2.38. The van der Waals surface area contributed by atoms with Crippen LogP contribution in [0.2, 0.25) is 0 Å². The zero-order valence-corrected chi connectivity index (χ0v) is 13.0. The number of halogens is 1. The Bertz CT molecular complexity index is 502. The van der Waals surface area contributed by atoms with E-state index < -0.39 is 6.04 Å². The van der Waals surface area contributed by atoms with E-state index in [4.69, 9.17) is 0 Å². The van der Waals surface area contributed by atoms with Crippen LogP contribution in [-0.2, 0) is 4.79 Å². The predicted molar refractivity (Wildman–Crippen MR) is 79.3 cm³/mol. The number of rotatable bonds is 2. The molecule has 104 valence electrons. The number of aryl methyl sites for hydroxylation is 1. The second kappa shape index (κ2) is 5.23. The Morgan fingerprint density at radius 2 is 2.21 bits per heavy atom. The van der Waals surface area contributed by atoms with Crippen LogP contribution >= 0.6 is 15.9 Å². The quantitative estimate of drug-likeness (QED) is 0.871. The molecule has 0 radical (unpaired) electrons. The summed E-state index contributed by atoms with van der Waals surface area (Å²) in [4.78, 5) is 14.1. The third kappa shape index (κ3) is 2.99. The van der Waals surface area contributed by atoms with E-state index in [2.05, 4.69) is 21.2 Å². The van der Waals surface area contributed by atoms with Gasteiger partial charge in [0.2, 0.25) is 5.91 Å². The van der Waals surface area contributed by atoms with Gasteiger partial charge in [0.05, 0.1) is 12.3 Å². The zero-order chi connectivity index (χ0) is 14.2. The molecule has 1 fully saturated rings. The molecule has 0 aliphatic carbocycles. The second-order valence-corrected chi connectivity index (χ2v) is 6.50. The first-order valence-electron chi connectivity index (χ1n) is 6.30. The molecule has 0 aromatic heterocycles. The molecule has 1 amide bonds. The van der Waals surface area contributed by atoms with E-state index in [1.165, 1.54) is 0 Å². The van der Waals surface area contributed by atoms with Gasteiger partial charge >= 0.3 is 0 Å². The number of hydrogen-bond acceptors (Lipinski definition) is 3. The third-order valence-corrected chi connectivity index (χ3v) is 3.89. The van der Waals surface area contributed by atoms with Crippen molar-refractivity contribution in [3.8, 4) is 0 Å². The van der Waals surface area contributed by atoms with Gasteiger partial charge in [-0.1, -0.05) is 6.07 Å². The molecule has 1 aromatic carbocycles. The molecule has 0 bridgehead atoms. The molecule has 2 N–H and O–H groups in total. The molecular weight excluding hydrogens is 308 g/mol. The molecule has 1 unspecified atom stereocenters. The van der Waals surface area contributed by atoms with Gasteiger partial charge in [0.15, 0.2) is 0 Å². The van der Waals surface area contributed by atoms with Crippen LogP contribution in [-0.4, -0.2) is 35.7 Å². The number of carbonyl (C=O) groups excluding carboxylic acids is 1. The molecule has 5 heteroatoms. The largest absolute Gasteiger partial charge is 0.394 e. The number of aliphatic hydroxyl groups is 1. The lowest BCUT2D eigenvalue weighted by molar-refractivity contribution is -0.124. The SMILES string of the molecule is Cc1ccc(N2CC(C)(C)NC(CO)C2=O)c(Br)c1. The lowest BCUT2D eigenvalue weighted by atomic mass is 9.97. The van der Waals surface area contributed by atoms with E-state index >= 15 is 0 Å². The summed E-state index contributed by atoms with van der Waals surface area (Å²) in [6, 6.07) is 5.37. The van der Waals surface area contributed by atoms with Gasteiger partial charge in [-0.25, -0.2) is 0 Å². The summed E-state index contributed by atoms with van der Waals surface area (Å²) in [7, 11) is 0. The van der Waals surface area contributed by atoms with Crippen LogP contribution in [0.25, 0.3) is 0 Å². The number of benzene rings is 1. The molecule has 19 heavy (non-hydrogen) atoms. The van der Waals surface area contributed by atoms with Crippen molar-refractivity contribution in [1.29, 1.82) is 0 Å². The number of carbonyl (C=O) groups is 1. The number of aliphatic hydroxyl groups excluding tert-OH is 1. The molecule has 1 atom stereocenters. The number of nitrogens with zero attached hydrogens (tertiary/aromatic N) is 1. The maximum Gasteiger partial charge on any atom is 0.246 e. The van der Waals surface area contributed by atoms with Crippen molar-refractivity contribution in [3.05, 3.63) is 28.2 Å². The van der Waals surface area contributed by atoms with Gasteiger partial charge in [-0.3, -0.25) is 10.1 Å². The van der Waals surface area contributed by atoms with Gasteiger partial charge in [-0.2, -0.15) is 0 Å². The average molecular weight is 327 g/mol.